The van der Waals surface area contributed by atoms with E-state index in [1.54, 1.807) is 6.92 Å². The highest BCUT2D eigenvalue weighted by Crippen LogP contribution is 2.46. The fourth-order valence-corrected chi connectivity index (χ4v) is 5.84. The van der Waals surface area contributed by atoms with Gasteiger partial charge in [0.05, 0.1) is 5.54 Å². The number of benzene rings is 1. The number of likely N-dealkylation sites (tertiary alicyclic amines) is 1. The van der Waals surface area contributed by atoms with Gasteiger partial charge in [-0.25, -0.2) is 4.79 Å². The summed E-state index contributed by atoms with van der Waals surface area (Å²) in [6.45, 7) is 4.92. The third-order valence-electron chi connectivity index (χ3n) is 7.89. The Balaban J connectivity index is 1.38. The standard InChI is InChI=1S/C24H36N4O2/c1-19(29)27-15-9-20(10-16-27)17-28-18-23(25-22(28)30)11-13-24(14-12-23,26(2)3)21-7-5-4-6-8-21/h4-8,20H,9-18H2,1-3H3,(H,25,30). The van der Waals surface area contributed by atoms with Gasteiger partial charge < -0.3 is 15.1 Å². The van der Waals surface area contributed by atoms with Gasteiger partial charge in [-0.15, -0.1) is 0 Å². The minimum atomic E-state index is -0.0918. The molecule has 2 heterocycles. The summed E-state index contributed by atoms with van der Waals surface area (Å²) in [7, 11) is 4.36. The summed E-state index contributed by atoms with van der Waals surface area (Å²) in [6, 6.07) is 10.9. The number of hydrogen-bond donors (Lipinski definition) is 1. The zero-order valence-corrected chi connectivity index (χ0v) is 18.7. The molecule has 1 saturated carbocycles. The van der Waals surface area contributed by atoms with E-state index < -0.39 is 0 Å². The van der Waals surface area contributed by atoms with Gasteiger partial charge in [0.2, 0.25) is 5.91 Å². The van der Waals surface area contributed by atoms with Crippen LogP contribution in [0, 0.1) is 5.92 Å². The molecule has 3 fully saturated rings. The van der Waals surface area contributed by atoms with Crippen molar-refractivity contribution in [1.29, 1.82) is 0 Å². The van der Waals surface area contributed by atoms with E-state index in [0.29, 0.717) is 5.92 Å². The Morgan fingerprint density at radius 2 is 1.73 bits per heavy atom. The molecule has 6 nitrogen and oxygen atoms in total. The zero-order valence-electron chi connectivity index (χ0n) is 18.7. The molecule has 30 heavy (non-hydrogen) atoms. The molecule has 1 aromatic carbocycles. The van der Waals surface area contributed by atoms with Crippen LogP contribution < -0.4 is 5.32 Å². The predicted octanol–water partition coefficient (Wildman–Crippen LogP) is 3.04. The number of urea groups is 1. The first-order chi connectivity index (χ1) is 14.3. The molecule has 4 rings (SSSR count). The quantitative estimate of drug-likeness (QED) is 0.827. The fourth-order valence-electron chi connectivity index (χ4n) is 5.84. The second-order valence-corrected chi connectivity index (χ2v) is 9.83. The van der Waals surface area contributed by atoms with Gasteiger partial charge in [0.15, 0.2) is 0 Å². The molecular formula is C24H36N4O2. The number of nitrogens with one attached hydrogen (secondary N) is 1. The molecule has 1 spiro atoms. The summed E-state index contributed by atoms with van der Waals surface area (Å²) < 4.78 is 0. The maximum absolute atomic E-state index is 12.8. The molecule has 1 N–H and O–H groups in total. The molecule has 0 unspecified atom stereocenters. The van der Waals surface area contributed by atoms with Crippen LogP contribution in [0.3, 0.4) is 0 Å². The minimum Gasteiger partial charge on any atom is -0.343 e. The minimum absolute atomic E-state index is 0.0458. The number of amides is 3. The van der Waals surface area contributed by atoms with Crippen LogP contribution in [0.1, 0.15) is 51.0 Å². The van der Waals surface area contributed by atoms with Crippen molar-refractivity contribution in [2.45, 2.75) is 56.5 Å². The lowest BCUT2D eigenvalue weighted by molar-refractivity contribution is -0.130. The predicted molar refractivity (Wildman–Crippen MR) is 118 cm³/mol. The van der Waals surface area contributed by atoms with Crippen molar-refractivity contribution in [3.63, 3.8) is 0 Å². The van der Waals surface area contributed by atoms with E-state index in [-0.39, 0.29) is 23.0 Å². The van der Waals surface area contributed by atoms with Crippen molar-refractivity contribution < 1.29 is 9.59 Å². The van der Waals surface area contributed by atoms with Gasteiger partial charge >= 0.3 is 6.03 Å². The van der Waals surface area contributed by atoms with Crippen LogP contribution in [0.25, 0.3) is 0 Å². The van der Waals surface area contributed by atoms with E-state index in [2.05, 4.69) is 54.6 Å². The van der Waals surface area contributed by atoms with E-state index in [4.69, 9.17) is 0 Å². The van der Waals surface area contributed by atoms with Crippen molar-refractivity contribution in [1.82, 2.24) is 20.0 Å². The van der Waals surface area contributed by atoms with Gasteiger partial charge in [-0.3, -0.25) is 9.69 Å². The van der Waals surface area contributed by atoms with Gasteiger partial charge in [-0.1, -0.05) is 30.3 Å². The number of carbonyl (C=O) groups excluding carboxylic acids is 2. The Kier molecular flexibility index (Phi) is 5.80. The number of nitrogens with zero attached hydrogens (tertiary/aromatic N) is 3. The summed E-state index contributed by atoms with van der Waals surface area (Å²) in [5.74, 6) is 0.659. The largest absolute Gasteiger partial charge is 0.343 e. The Hall–Kier alpha value is -2.08. The number of hydrogen-bond acceptors (Lipinski definition) is 3. The highest BCUT2D eigenvalue weighted by molar-refractivity contribution is 5.78. The average molecular weight is 413 g/mol. The number of piperidine rings is 1. The monoisotopic (exact) mass is 412 g/mol. The molecule has 6 heteroatoms. The lowest BCUT2D eigenvalue weighted by Gasteiger charge is -2.48. The van der Waals surface area contributed by atoms with E-state index in [1.165, 1.54) is 5.56 Å². The third-order valence-corrected chi connectivity index (χ3v) is 7.89. The zero-order chi connectivity index (χ0) is 21.4. The molecule has 2 saturated heterocycles. The van der Waals surface area contributed by atoms with Gasteiger partial charge in [-0.2, -0.15) is 0 Å². The van der Waals surface area contributed by atoms with Gasteiger partial charge in [0.1, 0.15) is 0 Å². The molecule has 0 aromatic heterocycles. The van der Waals surface area contributed by atoms with Crippen LogP contribution in [0.5, 0.6) is 0 Å². The van der Waals surface area contributed by atoms with Crippen LogP contribution in [-0.2, 0) is 10.3 Å². The molecule has 0 atom stereocenters. The summed E-state index contributed by atoms with van der Waals surface area (Å²) >= 11 is 0. The molecule has 0 bridgehead atoms. The van der Waals surface area contributed by atoms with Crippen LogP contribution in [-0.4, -0.2) is 72.5 Å². The maximum atomic E-state index is 12.8. The second kappa shape index (κ2) is 8.22. The SMILES string of the molecule is CC(=O)N1CCC(CN2CC3(CCC(c4ccccc4)(N(C)C)CC3)NC2=O)CC1. The number of carbonyl (C=O) groups is 2. The lowest BCUT2D eigenvalue weighted by atomic mass is 9.69. The highest BCUT2D eigenvalue weighted by atomic mass is 16.2. The summed E-state index contributed by atoms with van der Waals surface area (Å²) in [6.07, 6.45) is 6.10. The molecule has 0 radical (unpaired) electrons. The van der Waals surface area contributed by atoms with Crippen LogP contribution in [0.15, 0.2) is 30.3 Å². The summed E-state index contributed by atoms with van der Waals surface area (Å²) in [4.78, 5) is 30.7. The topological polar surface area (TPSA) is 55.9 Å². The second-order valence-electron chi connectivity index (χ2n) is 9.83. The number of rotatable bonds is 4. The van der Waals surface area contributed by atoms with E-state index in [9.17, 15) is 9.59 Å². The molecular weight excluding hydrogens is 376 g/mol. The fraction of sp³-hybridized carbons (Fsp3) is 0.667. The normalized spacial score (nSPS) is 30.2. The van der Waals surface area contributed by atoms with E-state index in [1.807, 2.05) is 9.80 Å². The average Bonchev–Trinajstić information content (AvgIpc) is 3.04. The van der Waals surface area contributed by atoms with Crippen molar-refractivity contribution in [3.8, 4) is 0 Å². The van der Waals surface area contributed by atoms with Crippen molar-refractivity contribution in [2.75, 3.05) is 40.3 Å². The van der Waals surface area contributed by atoms with Crippen molar-refractivity contribution in [3.05, 3.63) is 35.9 Å². The molecule has 2 aliphatic heterocycles. The summed E-state index contributed by atoms with van der Waals surface area (Å²) in [5, 5.41) is 3.37. The third kappa shape index (κ3) is 3.94. The Bertz CT molecular complexity index is 763. The molecule has 1 aliphatic carbocycles. The Morgan fingerprint density at radius 3 is 2.30 bits per heavy atom. The summed E-state index contributed by atoms with van der Waals surface area (Å²) in [5.41, 5.74) is 1.33. The maximum Gasteiger partial charge on any atom is 0.317 e. The lowest BCUT2D eigenvalue weighted by Crippen LogP contribution is -2.54. The van der Waals surface area contributed by atoms with Crippen LogP contribution in [0.4, 0.5) is 4.79 Å². The first-order valence-corrected chi connectivity index (χ1v) is 11.4. The molecule has 3 amide bonds. The smallest absolute Gasteiger partial charge is 0.317 e. The van der Waals surface area contributed by atoms with Crippen LogP contribution >= 0.6 is 0 Å². The van der Waals surface area contributed by atoms with E-state index in [0.717, 1.165) is 64.7 Å². The molecule has 164 valence electrons. The van der Waals surface area contributed by atoms with Gasteiger partial charge in [-0.05, 0) is 64.1 Å². The highest BCUT2D eigenvalue weighted by Gasteiger charge is 2.50. The van der Waals surface area contributed by atoms with Crippen molar-refractivity contribution >= 4 is 11.9 Å². The Labute approximate surface area is 180 Å². The van der Waals surface area contributed by atoms with Gasteiger partial charge in [0.25, 0.3) is 0 Å². The first-order valence-electron chi connectivity index (χ1n) is 11.4. The first kappa shape index (κ1) is 21.2. The van der Waals surface area contributed by atoms with Crippen molar-refractivity contribution in [2.24, 2.45) is 5.92 Å². The van der Waals surface area contributed by atoms with Gasteiger partial charge in [0, 0.05) is 38.6 Å². The van der Waals surface area contributed by atoms with E-state index >= 15 is 0 Å². The molecule has 1 aromatic rings. The Morgan fingerprint density at radius 1 is 1.10 bits per heavy atom. The molecule has 3 aliphatic rings. The van der Waals surface area contributed by atoms with Crippen LogP contribution in [0.2, 0.25) is 0 Å².